The number of benzene rings is 1. The maximum atomic E-state index is 12.1. The second-order valence-corrected chi connectivity index (χ2v) is 4.84. The largest absolute Gasteiger partial charge is 0.481 e. The van der Waals surface area contributed by atoms with Gasteiger partial charge >= 0.3 is 5.97 Å². The molecule has 6 heteroatoms. The minimum Gasteiger partial charge on any atom is -0.481 e. The van der Waals surface area contributed by atoms with Crippen LogP contribution in [0.5, 0.6) is 0 Å². The van der Waals surface area contributed by atoms with Crippen LogP contribution in [0.1, 0.15) is 17.3 Å². The van der Waals surface area contributed by atoms with Crippen LogP contribution in [0.15, 0.2) is 18.2 Å². The lowest BCUT2D eigenvalue weighted by molar-refractivity contribution is -0.141. The first kappa shape index (κ1) is 14.8. The second kappa shape index (κ2) is 6.07. The number of carboxylic acid groups (broad SMARTS) is 1. The van der Waals surface area contributed by atoms with Crippen molar-refractivity contribution in [1.82, 2.24) is 4.90 Å². The summed E-state index contributed by atoms with van der Waals surface area (Å²) in [5.41, 5.74) is 0.195. The molecule has 1 aromatic carbocycles. The molecule has 4 nitrogen and oxygen atoms in total. The van der Waals surface area contributed by atoms with Crippen molar-refractivity contribution in [3.8, 4) is 0 Å². The number of rotatable bonds is 4. The normalized spacial score (nSPS) is 12.0. The first-order valence-corrected chi connectivity index (χ1v) is 6.02. The van der Waals surface area contributed by atoms with E-state index in [1.807, 2.05) is 0 Å². The number of carboxylic acids is 1. The lowest BCUT2D eigenvalue weighted by atomic mass is 10.1. The van der Waals surface area contributed by atoms with Gasteiger partial charge in [-0.2, -0.15) is 0 Å². The number of hydrogen-bond donors (Lipinski definition) is 1. The topological polar surface area (TPSA) is 57.6 Å². The smallest absolute Gasteiger partial charge is 0.308 e. The molecule has 0 aliphatic rings. The molecule has 1 aromatic rings. The molecule has 1 N–H and O–H groups in total. The number of aliphatic carboxylic acids is 1. The highest BCUT2D eigenvalue weighted by Crippen LogP contribution is 2.25. The minimum atomic E-state index is -0.958. The molecule has 0 aliphatic carbocycles. The standard InChI is InChI=1S/C12H13Cl2NO3/c1-7(12(17)18)6-15(2)11(16)10-8(13)4-3-5-9(10)14/h3-5,7H,6H2,1-2H3,(H,17,18). The first-order valence-electron chi connectivity index (χ1n) is 5.27. The highest BCUT2D eigenvalue weighted by atomic mass is 35.5. The molecular formula is C12H13Cl2NO3. The van der Waals surface area contributed by atoms with E-state index < -0.39 is 17.8 Å². The fourth-order valence-corrected chi connectivity index (χ4v) is 2.02. The van der Waals surface area contributed by atoms with Crippen molar-refractivity contribution < 1.29 is 14.7 Å². The molecule has 0 saturated heterocycles. The maximum absolute atomic E-state index is 12.1. The minimum absolute atomic E-state index is 0.0930. The zero-order chi connectivity index (χ0) is 13.9. The number of carbonyl (C=O) groups excluding carboxylic acids is 1. The molecule has 0 spiro atoms. The Morgan fingerprint density at radius 1 is 1.33 bits per heavy atom. The van der Waals surface area contributed by atoms with E-state index in [1.54, 1.807) is 18.2 Å². The van der Waals surface area contributed by atoms with Crippen LogP contribution in [0, 0.1) is 5.92 Å². The molecular weight excluding hydrogens is 277 g/mol. The summed E-state index contributed by atoms with van der Waals surface area (Å²) in [6.07, 6.45) is 0. The Morgan fingerprint density at radius 3 is 2.28 bits per heavy atom. The summed E-state index contributed by atoms with van der Waals surface area (Å²) in [5.74, 6) is -2.00. The molecule has 18 heavy (non-hydrogen) atoms. The van der Waals surface area contributed by atoms with Crippen molar-refractivity contribution in [2.45, 2.75) is 6.92 Å². The van der Waals surface area contributed by atoms with Gasteiger partial charge in [0.2, 0.25) is 0 Å². The van der Waals surface area contributed by atoms with Gasteiger partial charge in [0.05, 0.1) is 21.5 Å². The van der Waals surface area contributed by atoms with Crippen LogP contribution in [0.25, 0.3) is 0 Å². The first-order chi connectivity index (χ1) is 8.34. The van der Waals surface area contributed by atoms with Crippen LogP contribution >= 0.6 is 23.2 Å². The van der Waals surface area contributed by atoms with Crippen molar-refractivity contribution in [3.63, 3.8) is 0 Å². The van der Waals surface area contributed by atoms with E-state index in [2.05, 4.69) is 0 Å². The average molecular weight is 290 g/mol. The van der Waals surface area contributed by atoms with Crippen LogP contribution in [0.4, 0.5) is 0 Å². The van der Waals surface area contributed by atoms with Gasteiger partial charge < -0.3 is 10.0 Å². The summed E-state index contributed by atoms with van der Waals surface area (Å²) in [7, 11) is 1.52. The molecule has 98 valence electrons. The zero-order valence-electron chi connectivity index (χ0n) is 9.98. The Hall–Kier alpha value is -1.26. The van der Waals surface area contributed by atoms with Gasteiger partial charge in [0.25, 0.3) is 5.91 Å². The van der Waals surface area contributed by atoms with Gasteiger partial charge in [0.15, 0.2) is 0 Å². The third kappa shape index (κ3) is 3.37. The predicted molar refractivity (Wildman–Crippen MR) is 70.2 cm³/mol. The maximum Gasteiger partial charge on any atom is 0.308 e. The summed E-state index contributed by atoms with van der Waals surface area (Å²) in [6.45, 7) is 1.62. The number of amides is 1. The number of hydrogen-bond acceptors (Lipinski definition) is 2. The summed E-state index contributed by atoms with van der Waals surface area (Å²) in [4.78, 5) is 24.1. The van der Waals surface area contributed by atoms with Gasteiger partial charge in [0.1, 0.15) is 0 Å². The van der Waals surface area contributed by atoms with Crippen molar-refractivity contribution in [2.75, 3.05) is 13.6 Å². The summed E-state index contributed by atoms with van der Waals surface area (Å²) in [5, 5.41) is 9.31. The molecule has 1 amide bonds. The molecule has 0 aliphatic heterocycles. The summed E-state index contributed by atoms with van der Waals surface area (Å²) < 4.78 is 0. The molecule has 0 radical (unpaired) electrons. The van der Waals surface area contributed by atoms with E-state index in [4.69, 9.17) is 28.3 Å². The van der Waals surface area contributed by atoms with Crippen LogP contribution in [-0.2, 0) is 4.79 Å². The van der Waals surface area contributed by atoms with E-state index in [0.717, 1.165) is 0 Å². The highest BCUT2D eigenvalue weighted by Gasteiger charge is 2.22. The van der Waals surface area contributed by atoms with Crippen LogP contribution in [0.3, 0.4) is 0 Å². The van der Waals surface area contributed by atoms with Crippen molar-refractivity contribution in [3.05, 3.63) is 33.8 Å². The van der Waals surface area contributed by atoms with Crippen LogP contribution < -0.4 is 0 Å². The third-order valence-corrected chi connectivity index (χ3v) is 3.12. The molecule has 1 unspecified atom stereocenters. The Balaban J connectivity index is 2.90. The molecule has 1 rings (SSSR count). The van der Waals surface area contributed by atoms with Crippen molar-refractivity contribution in [1.29, 1.82) is 0 Å². The number of carbonyl (C=O) groups is 2. The van der Waals surface area contributed by atoms with Crippen molar-refractivity contribution in [2.24, 2.45) is 5.92 Å². The summed E-state index contributed by atoms with van der Waals surface area (Å²) >= 11 is 11.8. The molecule has 0 aromatic heterocycles. The molecule has 0 bridgehead atoms. The van der Waals surface area contributed by atoms with E-state index >= 15 is 0 Å². The van der Waals surface area contributed by atoms with Gasteiger partial charge in [-0.15, -0.1) is 0 Å². The molecule has 0 fully saturated rings. The predicted octanol–water partition coefficient (Wildman–Crippen LogP) is 2.79. The molecule has 0 saturated carbocycles. The van der Waals surface area contributed by atoms with Gasteiger partial charge in [-0.25, -0.2) is 0 Å². The number of halogens is 2. The second-order valence-electron chi connectivity index (χ2n) is 4.02. The quantitative estimate of drug-likeness (QED) is 0.927. The van der Waals surface area contributed by atoms with E-state index in [1.165, 1.54) is 18.9 Å². The van der Waals surface area contributed by atoms with Gasteiger partial charge in [-0.1, -0.05) is 36.2 Å². The lowest BCUT2D eigenvalue weighted by Gasteiger charge is -2.20. The highest BCUT2D eigenvalue weighted by molar-refractivity contribution is 6.39. The third-order valence-electron chi connectivity index (χ3n) is 2.49. The Bertz CT molecular complexity index is 456. The van der Waals surface area contributed by atoms with E-state index in [9.17, 15) is 9.59 Å². The van der Waals surface area contributed by atoms with E-state index in [0.29, 0.717) is 0 Å². The fraction of sp³-hybridized carbons (Fsp3) is 0.333. The van der Waals surface area contributed by atoms with Crippen LogP contribution in [0.2, 0.25) is 10.0 Å². The Kier molecular flexibility index (Phi) is 4.99. The SMILES string of the molecule is CC(CN(C)C(=O)c1c(Cl)cccc1Cl)C(=O)O. The van der Waals surface area contributed by atoms with Crippen molar-refractivity contribution >= 4 is 35.1 Å². The van der Waals surface area contributed by atoms with Crippen LogP contribution in [-0.4, -0.2) is 35.5 Å². The lowest BCUT2D eigenvalue weighted by Crippen LogP contribution is -2.34. The van der Waals surface area contributed by atoms with E-state index in [-0.39, 0.29) is 22.2 Å². The van der Waals surface area contributed by atoms with Gasteiger partial charge in [0, 0.05) is 13.6 Å². The number of nitrogens with zero attached hydrogens (tertiary/aromatic N) is 1. The zero-order valence-corrected chi connectivity index (χ0v) is 11.5. The van der Waals surface area contributed by atoms with Gasteiger partial charge in [-0.3, -0.25) is 9.59 Å². The summed E-state index contributed by atoms with van der Waals surface area (Å²) in [6, 6.07) is 4.77. The van der Waals surface area contributed by atoms with Gasteiger partial charge in [-0.05, 0) is 12.1 Å². The monoisotopic (exact) mass is 289 g/mol. The fourth-order valence-electron chi connectivity index (χ4n) is 1.46. The Labute approximate surface area is 115 Å². The Morgan fingerprint density at radius 2 is 1.83 bits per heavy atom. The average Bonchev–Trinajstić information content (AvgIpc) is 2.28. The molecule has 1 atom stereocenters. The molecule has 0 heterocycles.